The lowest BCUT2D eigenvalue weighted by Gasteiger charge is -2.27. The fraction of sp³-hybridized carbons (Fsp3) is 0.545. The Morgan fingerprint density at radius 1 is 1.31 bits per heavy atom. The van der Waals surface area contributed by atoms with Crippen molar-refractivity contribution in [3.8, 4) is 5.75 Å². The molecule has 1 aliphatic heterocycles. The lowest BCUT2D eigenvalue weighted by Crippen LogP contribution is -2.39. The van der Waals surface area contributed by atoms with Crippen LogP contribution in [0.2, 0.25) is 0 Å². The highest BCUT2D eigenvalue weighted by atomic mass is 32.2. The molecular formula is C22H30N4O2S. The number of rotatable bonds is 6. The average Bonchev–Trinajstić information content (AvgIpc) is 3.16. The van der Waals surface area contributed by atoms with Gasteiger partial charge in [0.05, 0.1) is 7.11 Å². The van der Waals surface area contributed by atoms with E-state index in [2.05, 4.69) is 18.3 Å². The third-order valence-corrected chi connectivity index (χ3v) is 6.86. The molecule has 2 aromatic rings. The number of fused-ring (bicyclic) bond motifs is 1. The first-order valence-corrected chi connectivity index (χ1v) is 11.7. The summed E-state index contributed by atoms with van der Waals surface area (Å²) in [6.45, 7) is 5.33. The fourth-order valence-electron chi connectivity index (χ4n) is 4.31. The number of nitrogens with one attached hydrogen (secondary N) is 1. The largest absolute Gasteiger partial charge is 0.496 e. The number of thioether (sulfide) groups is 1. The Balaban J connectivity index is 1.50. The van der Waals surface area contributed by atoms with Gasteiger partial charge in [0.1, 0.15) is 5.75 Å². The van der Waals surface area contributed by atoms with Gasteiger partial charge < -0.3 is 15.0 Å². The Morgan fingerprint density at radius 2 is 2.10 bits per heavy atom. The van der Waals surface area contributed by atoms with Crippen molar-refractivity contribution in [2.45, 2.75) is 45.3 Å². The van der Waals surface area contributed by atoms with E-state index >= 15 is 0 Å². The number of ether oxygens (including phenoxy) is 1. The van der Waals surface area contributed by atoms with Crippen molar-refractivity contribution in [3.05, 3.63) is 46.8 Å². The van der Waals surface area contributed by atoms with Crippen molar-refractivity contribution in [2.75, 3.05) is 31.7 Å². The van der Waals surface area contributed by atoms with Crippen molar-refractivity contribution in [2.24, 2.45) is 0 Å². The van der Waals surface area contributed by atoms with Crippen molar-refractivity contribution >= 4 is 17.7 Å². The van der Waals surface area contributed by atoms with Crippen molar-refractivity contribution in [1.29, 1.82) is 0 Å². The third-order valence-electron chi connectivity index (χ3n) is 5.92. The molecule has 1 amide bonds. The average molecular weight is 415 g/mol. The zero-order valence-electron chi connectivity index (χ0n) is 17.3. The highest BCUT2D eigenvalue weighted by Gasteiger charge is 2.31. The Labute approximate surface area is 177 Å². The zero-order chi connectivity index (χ0) is 20.2. The molecule has 1 fully saturated rings. The maximum absolute atomic E-state index is 13.2. The summed E-state index contributed by atoms with van der Waals surface area (Å²) in [4.78, 5) is 15.2. The van der Waals surface area contributed by atoms with Crippen molar-refractivity contribution in [1.82, 2.24) is 20.0 Å². The minimum atomic E-state index is 0.110. The molecule has 4 rings (SSSR count). The molecule has 1 aliphatic carbocycles. The SMILES string of the molecule is CCn1nc(C(=O)N2CCSCC2)c2c1CCC(NCc1ccccc1OC)C2. The summed E-state index contributed by atoms with van der Waals surface area (Å²) in [6, 6.07) is 8.46. The van der Waals surface area contributed by atoms with Crippen LogP contribution < -0.4 is 10.1 Å². The zero-order valence-corrected chi connectivity index (χ0v) is 18.1. The number of aryl methyl sites for hydroxylation is 1. The number of para-hydroxylation sites is 1. The normalized spacial score (nSPS) is 19.1. The molecule has 2 heterocycles. The van der Waals surface area contributed by atoms with Gasteiger partial charge in [-0.05, 0) is 32.3 Å². The van der Waals surface area contributed by atoms with Crippen LogP contribution in [0.4, 0.5) is 0 Å². The lowest BCUT2D eigenvalue weighted by atomic mass is 9.91. The molecular weight excluding hydrogens is 384 g/mol. The molecule has 7 heteroatoms. The first-order valence-electron chi connectivity index (χ1n) is 10.5. The number of hydrogen-bond acceptors (Lipinski definition) is 5. The van der Waals surface area contributed by atoms with Gasteiger partial charge in [0.25, 0.3) is 5.91 Å². The van der Waals surface area contributed by atoms with Crippen LogP contribution in [0.25, 0.3) is 0 Å². The van der Waals surface area contributed by atoms with Gasteiger partial charge in [-0.1, -0.05) is 18.2 Å². The quantitative estimate of drug-likeness (QED) is 0.788. The summed E-state index contributed by atoms with van der Waals surface area (Å²) < 4.78 is 7.51. The van der Waals surface area contributed by atoms with Crippen molar-refractivity contribution in [3.63, 3.8) is 0 Å². The molecule has 0 spiro atoms. The molecule has 1 aromatic heterocycles. The van der Waals surface area contributed by atoms with Gasteiger partial charge in [0.15, 0.2) is 5.69 Å². The van der Waals surface area contributed by atoms with E-state index in [1.54, 1.807) is 7.11 Å². The minimum Gasteiger partial charge on any atom is -0.496 e. The van der Waals surface area contributed by atoms with Crippen LogP contribution in [0.15, 0.2) is 24.3 Å². The summed E-state index contributed by atoms with van der Waals surface area (Å²) in [6.07, 6.45) is 2.87. The van der Waals surface area contributed by atoms with Crippen LogP contribution in [0.3, 0.4) is 0 Å². The molecule has 1 N–H and O–H groups in total. The standard InChI is InChI=1S/C22H30N4O2S/c1-3-26-19-9-8-17(23-15-16-6-4-5-7-20(16)28-2)14-18(19)21(24-26)22(27)25-10-12-29-13-11-25/h4-7,17,23H,3,8-15H2,1-2H3. The maximum Gasteiger partial charge on any atom is 0.274 e. The minimum absolute atomic E-state index is 0.110. The van der Waals surface area contributed by atoms with E-state index in [9.17, 15) is 4.79 Å². The Morgan fingerprint density at radius 3 is 2.86 bits per heavy atom. The van der Waals surface area contributed by atoms with Crippen LogP contribution in [0.1, 0.15) is 40.7 Å². The maximum atomic E-state index is 13.2. The fourth-order valence-corrected chi connectivity index (χ4v) is 5.22. The number of aromatic nitrogens is 2. The molecule has 1 saturated heterocycles. The summed E-state index contributed by atoms with van der Waals surface area (Å²) in [5, 5.41) is 8.42. The van der Waals surface area contributed by atoms with E-state index < -0.39 is 0 Å². The number of hydrogen-bond donors (Lipinski definition) is 1. The van der Waals surface area contributed by atoms with Crippen LogP contribution in [-0.4, -0.2) is 58.3 Å². The van der Waals surface area contributed by atoms with E-state index in [1.165, 1.54) is 5.69 Å². The predicted molar refractivity (Wildman–Crippen MR) is 117 cm³/mol. The van der Waals surface area contributed by atoms with E-state index in [0.717, 1.165) is 73.8 Å². The van der Waals surface area contributed by atoms with Crippen LogP contribution in [-0.2, 0) is 25.9 Å². The van der Waals surface area contributed by atoms with Gasteiger partial charge >= 0.3 is 0 Å². The number of carbonyl (C=O) groups is 1. The number of amides is 1. The molecule has 1 aromatic carbocycles. The van der Waals surface area contributed by atoms with Crippen molar-refractivity contribution < 1.29 is 9.53 Å². The Bertz CT molecular complexity index is 860. The molecule has 0 bridgehead atoms. The predicted octanol–water partition coefficient (Wildman–Crippen LogP) is 2.75. The van der Waals surface area contributed by atoms with Crippen LogP contribution in [0, 0.1) is 0 Å². The van der Waals surface area contributed by atoms with Crippen LogP contribution in [0.5, 0.6) is 5.75 Å². The van der Waals surface area contributed by atoms with Gasteiger partial charge in [-0.15, -0.1) is 0 Å². The second kappa shape index (κ2) is 9.22. The van der Waals surface area contributed by atoms with E-state index in [1.807, 2.05) is 39.5 Å². The number of carbonyl (C=O) groups excluding carboxylic acids is 1. The van der Waals surface area contributed by atoms with E-state index in [4.69, 9.17) is 9.84 Å². The molecule has 6 nitrogen and oxygen atoms in total. The lowest BCUT2D eigenvalue weighted by molar-refractivity contribution is 0.0764. The summed E-state index contributed by atoms with van der Waals surface area (Å²) in [5.41, 5.74) is 4.24. The first-order chi connectivity index (χ1) is 14.2. The number of nitrogens with zero attached hydrogens (tertiary/aromatic N) is 3. The van der Waals surface area contributed by atoms with Gasteiger partial charge in [0, 0.05) is 60.5 Å². The summed E-state index contributed by atoms with van der Waals surface area (Å²) in [7, 11) is 1.71. The van der Waals surface area contributed by atoms with E-state index in [0.29, 0.717) is 11.7 Å². The summed E-state index contributed by atoms with van der Waals surface area (Å²) >= 11 is 1.92. The van der Waals surface area contributed by atoms with Gasteiger partial charge in [0.2, 0.25) is 0 Å². The number of methoxy groups -OCH3 is 1. The molecule has 0 saturated carbocycles. The number of benzene rings is 1. The second-order valence-electron chi connectivity index (χ2n) is 7.63. The van der Waals surface area contributed by atoms with Crippen LogP contribution >= 0.6 is 11.8 Å². The molecule has 2 aliphatic rings. The van der Waals surface area contributed by atoms with E-state index in [-0.39, 0.29) is 5.91 Å². The monoisotopic (exact) mass is 414 g/mol. The first kappa shape index (κ1) is 20.3. The molecule has 1 atom stereocenters. The highest BCUT2D eigenvalue weighted by Crippen LogP contribution is 2.27. The third kappa shape index (κ3) is 4.31. The van der Waals surface area contributed by atoms with Gasteiger partial charge in [-0.25, -0.2) is 0 Å². The molecule has 0 radical (unpaired) electrons. The molecule has 29 heavy (non-hydrogen) atoms. The topological polar surface area (TPSA) is 59.4 Å². The van der Waals surface area contributed by atoms with Gasteiger partial charge in [-0.3, -0.25) is 9.48 Å². The smallest absolute Gasteiger partial charge is 0.274 e. The Kier molecular flexibility index (Phi) is 6.45. The summed E-state index contributed by atoms with van der Waals surface area (Å²) in [5.74, 6) is 3.06. The molecule has 1 unspecified atom stereocenters. The molecule has 156 valence electrons. The second-order valence-corrected chi connectivity index (χ2v) is 8.85. The van der Waals surface area contributed by atoms with Gasteiger partial charge in [-0.2, -0.15) is 16.9 Å². The highest BCUT2D eigenvalue weighted by molar-refractivity contribution is 7.99. The Hall–Kier alpha value is -1.99.